The van der Waals surface area contributed by atoms with Crippen LogP contribution in [0.15, 0.2) is 0 Å². The Morgan fingerprint density at radius 2 is 2.00 bits per heavy atom. The third-order valence-corrected chi connectivity index (χ3v) is 4.08. The van der Waals surface area contributed by atoms with Crippen LogP contribution in [0.25, 0.3) is 0 Å². The molecule has 90 valence electrons. The van der Waals surface area contributed by atoms with Gasteiger partial charge >= 0.3 is 0 Å². The first kappa shape index (κ1) is 13.3. The van der Waals surface area contributed by atoms with Crippen molar-refractivity contribution in [1.82, 2.24) is 5.32 Å². The average Bonchev–Trinajstić information content (AvgIpc) is 2.29. The minimum Gasteiger partial charge on any atom is -0.381 e. The van der Waals surface area contributed by atoms with Crippen LogP contribution in [0.4, 0.5) is 0 Å². The maximum atomic E-state index is 5.39. The van der Waals surface area contributed by atoms with Gasteiger partial charge in [0.25, 0.3) is 0 Å². The first-order chi connectivity index (χ1) is 7.30. The van der Waals surface area contributed by atoms with Crippen molar-refractivity contribution in [3.05, 3.63) is 0 Å². The zero-order chi connectivity index (χ0) is 11.1. The molecule has 1 fully saturated rings. The molecule has 1 saturated carbocycles. The highest BCUT2D eigenvalue weighted by Crippen LogP contribution is 2.21. The van der Waals surface area contributed by atoms with Crippen LogP contribution in [0.3, 0.4) is 0 Å². The van der Waals surface area contributed by atoms with E-state index in [1.807, 2.05) is 18.9 Å². The molecule has 1 aliphatic carbocycles. The van der Waals surface area contributed by atoms with Crippen molar-refractivity contribution in [3.63, 3.8) is 0 Å². The fraction of sp³-hybridized carbons (Fsp3) is 1.00. The molecular formula is C12H25NOS. The summed E-state index contributed by atoms with van der Waals surface area (Å²) in [5.74, 6) is 1.24. The second kappa shape index (κ2) is 7.53. The minimum absolute atomic E-state index is 0.517. The maximum absolute atomic E-state index is 5.39. The van der Waals surface area contributed by atoms with Gasteiger partial charge in [0.05, 0.1) is 6.10 Å². The van der Waals surface area contributed by atoms with E-state index in [4.69, 9.17) is 4.74 Å². The number of methoxy groups -OCH3 is 1. The largest absolute Gasteiger partial charge is 0.381 e. The van der Waals surface area contributed by atoms with E-state index < -0.39 is 0 Å². The topological polar surface area (TPSA) is 21.3 Å². The standard InChI is InChI=1S/C12H25NOS/c1-4-10(9-15-3)13-11-5-7-12(14-2)8-6-11/h10-13H,4-9H2,1-3H3. The first-order valence-electron chi connectivity index (χ1n) is 6.07. The van der Waals surface area contributed by atoms with E-state index in [-0.39, 0.29) is 0 Å². The van der Waals surface area contributed by atoms with Crippen LogP contribution in [0.1, 0.15) is 39.0 Å². The Hall–Kier alpha value is 0.270. The van der Waals surface area contributed by atoms with Crippen molar-refractivity contribution >= 4 is 11.8 Å². The van der Waals surface area contributed by atoms with Gasteiger partial charge in [-0.15, -0.1) is 0 Å². The molecule has 0 aromatic rings. The van der Waals surface area contributed by atoms with Gasteiger partial charge in [-0.2, -0.15) is 11.8 Å². The molecule has 1 unspecified atom stereocenters. The van der Waals surface area contributed by atoms with Gasteiger partial charge in [-0.05, 0) is 38.4 Å². The van der Waals surface area contributed by atoms with Crippen LogP contribution >= 0.6 is 11.8 Å². The van der Waals surface area contributed by atoms with Crippen molar-refractivity contribution in [2.24, 2.45) is 0 Å². The first-order valence-corrected chi connectivity index (χ1v) is 7.47. The lowest BCUT2D eigenvalue weighted by molar-refractivity contribution is 0.0614. The SMILES string of the molecule is CCC(CSC)NC1CCC(OC)CC1. The van der Waals surface area contributed by atoms with Crippen LogP contribution < -0.4 is 5.32 Å². The Morgan fingerprint density at radius 1 is 1.33 bits per heavy atom. The molecule has 1 rings (SSSR count). The van der Waals surface area contributed by atoms with Gasteiger partial charge in [-0.1, -0.05) is 6.92 Å². The van der Waals surface area contributed by atoms with E-state index in [0.29, 0.717) is 12.1 Å². The number of thioether (sulfide) groups is 1. The highest BCUT2D eigenvalue weighted by Gasteiger charge is 2.22. The summed E-state index contributed by atoms with van der Waals surface area (Å²) in [6.07, 6.45) is 8.96. The van der Waals surface area contributed by atoms with Crippen molar-refractivity contribution in [2.75, 3.05) is 19.1 Å². The molecule has 0 aliphatic heterocycles. The second-order valence-corrected chi connectivity index (χ2v) is 5.35. The summed E-state index contributed by atoms with van der Waals surface area (Å²) in [4.78, 5) is 0. The molecule has 0 spiro atoms. The molecule has 0 aromatic heterocycles. The summed E-state index contributed by atoms with van der Waals surface area (Å²) in [5.41, 5.74) is 0. The van der Waals surface area contributed by atoms with E-state index in [1.54, 1.807) is 0 Å². The van der Waals surface area contributed by atoms with Crippen molar-refractivity contribution in [3.8, 4) is 0 Å². The van der Waals surface area contributed by atoms with Gasteiger partial charge in [0, 0.05) is 24.9 Å². The number of hydrogen-bond donors (Lipinski definition) is 1. The Bertz CT molecular complexity index is 158. The molecule has 0 radical (unpaired) electrons. The Labute approximate surface area is 98.5 Å². The minimum atomic E-state index is 0.517. The van der Waals surface area contributed by atoms with Gasteiger partial charge in [0.15, 0.2) is 0 Å². The molecule has 0 aromatic carbocycles. The van der Waals surface area contributed by atoms with Gasteiger partial charge in [-0.25, -0.2) is 0 Å². The fourth-order valence-electron chi connectivity index (χ4n) is 2.28. The number of rotatable bonds is 6. The molecule has 3 heteroatoms. The van der Waals surface area contributed by atoms with Crippen molar-refractivity contribution in [2.45, 2.75) is 57.2 Å². The molecule has 1 aliphatic rings. The van der Waals surface area contributed by atoms with Gasteiger partial charge in [0.1, 0.15) is 0 Å². The van der Waals surface area contributed by atoms with E-state index in [0.717, 1.165) is 6.04 Å². The van der Waals surface area contributed by atoms with Crippen LogP contribution in [-0.2, 0) is 4.74 Å². The molecule has 0 saturated heterocycles. The summed E-state index contributed by atoms with van der Waals surface area (Å²) >= 11 is 1.94. The normalized spacial score (nSPS) is 29.0. The third-order valence-electron chi connectivity index (χ3n) is 3.34. The molecule has 0 heterocycles. The maximum Gasteiger partial charge on any atom is 0.0572 e. The third kappa shape index (κ3) is 4.75. The Balaban J connectivity index is 2.21. The average molecular weight is 231 g/mol. The molecule has 0 bridgehead atoms. The van der Waals surface area contributed by atoms with E-state index >= 15 is 0 Å². The smallest absolute Gasteiger partial charge is 0.0572 e. The zero-order valence-electron chi connectivity index (χ0n) is 10.3. The summed E-state index contributed by atoms with van der Waals surface area (Å²) in [6, 6.07) is 1.43. The molecular weight excluding hydrogens is 206 g/mol. The molecule has 15 heavy (non-hydrogen) atoms. The van der Waals surface area contributed by atoms with Crippen molar-refractivity contribution < 1.29 is 4.74 Å². The monoisotopic (exact) mass is 231 g/mol. The van der Waals surface area contributed by atoms with Crippen molar-refractivity contribution in [1.29, 1.82) is 0 Å². The molecule has 1 atom stereocenters. The van der Waals surface area contributed by atoms with Gasteiger partial charge in [0.2, 0.25) is 0 Å². The number of hydrogen-bond acceptors (Lipinski definition) is 3. The van der Waals surface area contributed by atoms with Crippen LogP contribution in [0.2, 0.25) is 0 Å². The Kier molecular flexibility index (Phi) is 6.69. The quantitative estimate of drug-likeness (QED) is 0.759. The van der Waals surface area contributed by atoms with Crippen LogP contribution in [0.5, 0.6) is 0 Å². The zero-order valence-corrected chi connectivity index (χ0v) is 11.1. The number of ether oxygens (including phenoxy) is 1. The van der Waals surface area contributed by atoms with E-state index in [2.05, 4.69) is 18.5 Å². The predicted octanol–water partition coefficient (Wildman–Crippen LogP) is 2.68. The highest BCUT2D eigenvalue weighted by molar-refractivity contribution is 7.98. The molecule has 1 N–H and O–H groups in total. The summed E-state index contributed by atoms with van der Waals surface area (Å²) in [6.45, 7) is 2.27. The summed E-state index contributed by atoms with van der Waals surface area (Å²) < 4.78 is 5.39. The van der Waals surface area contributed by atoms with Gasteiger partial charge in [-0.3, -0.25) is 0 Å². The molecule has 0 amide bonds. The second-order valence-electron chi connectivity index (χ2n) is 4.44. The summed E-state index contributed by atoms with van der Waals surface area (Å²) in [5, 5.41) is 3.77. The fourth-order valence-corrected chi connectivity index (χ4v) is 3.02. The lowest BCUT2D eigenvalue weighted by Gasteiger charge is -2.31. The Morgan fingerprint density at radius 3 is 2.47 bits per heavy atom. The number of nitrogens with one attached hydrogen (secondary N) is 1. The van der Waals surface area contributed by atoms with Gasteiger partial charge < -0.3 is 10.1 Å². The van der Waals surface area contributed by atoms with Crippen LogP contribution in [-0.4, -0.2) is 37.3 Å². The molecule has 2 nitrogen and oxygen atoms in total. The van der Waals surface area contributed by atoms with E-state index in [9.17, 15) is 0 Å². The highest BCUT2D eigenvalue weighted by atomic mass is 32.2. The summed E-state index contributed by atoms with van der Waals surface area (Å²) in [7, 11) is 1.83. The van der Waals surface area contributed by atoms with Crippen LogP contribution in [0, 0.1) is 0 Å². The lowest BCUT2D eigenvalue weighted by Crippen LogP contribution is -2.42. The van der Waals surface area contributed by atoms with E-state index in [1.165, 1.54) is 37.9 Å². The lowest BCUT2D eigenvalue weighted by atomic mass is 9.92. The predicted molar refractivity (Wildman–Crippen MR) is 68.6 cm³/mol.